The Balaban J connectivity index is 1.54. The predicted molar refractivity (Wildman–Crippen MR) is 120 cm³/mol. The SMILES string of the molecule is Cc1ccccc1C(=O)NC1CCC(c2c(Cl)ccc3nc(C(F)(F)F)cc(N)c23)CC1. The molecule has 3 N–H and O–H groups in total. The van der Waals surface area contributed by atoms with Crippen LogP contribution in [0.2, 0.25) is 5.02 Å². The fourth-order valence-corrected chi connectivity index (χ4v) is 4.83. The van der Waals surface area contributed by atoms with Crippen molar-refractivity contribution >= 4 is 34.1 Å². The van der Waals surface area contributed by atoms with Crippen molar-refractivity contribution in [2.24, 2.45) is 0 Å². The number of amides is 1. The second kappa shape index (κ2) is 8.62. The van der Waals surface area contributed by atoms with Crippen LogP contribution in [0.3, 0.4) is 0 Å². The summed E-state index contributed by atoms with van der Waals surface area (Å²) in [6.45, 7) is 1.90. The van der Waals surface area contributed by atoms with Gasteiger partial charge < -0.3 is 11.1 Å². The van der Waals surface area contributed by atoms with E-state index in [9.17, 15) is 18.0 Å². The van der Waals surface area contributed by atoms with E-state index in [0.717, 1.165) is 42.9 Å². The van der Waals surface area contributed by atoms with E-state index < -0.39 is 11.9 Å². The molecule has 1 aromatic heterocycles. The third kappa shape index (κ3) is 4.39. The Kier molecular flexibility index (Phi) is 6.03. The summed E-state index contributed by atoms with van der Waals surface area (Å²) in [5, 5.41) is 4.06. The minimum atomic E-state index is -4.57. The van der Waals surface area contributed by atoms with Crippen molar-refractivity contribution in [3.8, 4) is 0 Å². The number of aromatic nitrogens is 1. The molecule has 168 valence electrons. The molecule has 0 bridgehead atoms. The number of benzene rings is 2. The average Bonchev–Trinajstić information content (AvgIpc) is 2.74. The molecular formula is C24H23ClF3N3O. The molecule has 4 nitrogen and oxygen atoms in total. The van der Waals surface area contributed by atoms with Gasteiger partial charge in [-0.1, -0.05) is 29.8 Å². The van der Waals surface area contributed by atoms with Gasteiger partial charge in [-0.2, -0.15) is 13.2 Å². The van der Waals surface area contributed by atoms with E-state index >= 15 is 0 Å². The fraction of sp³-hybridized carbons (Fsp3) is 0.333. The van der Waals surface area contributed by atoms with E-state index in [0.29, 0.717) is 16.0 Å². The lowest BCUT2D eigenvalue weighted by Gasteiger charge is -2.31. The molecule has 1 saturated carbocycles. The molecule has 2 aromatic carbocycles. The largest absolute Gasteiger partial charge is 0.433 e. The summed E-state index contributed by atoms with van der Waals surface area (Å²) in [6.07, 6.45) is -1.63. The van der Waals surface area contributed by atoms with E-state index in [2.05, 4.69) is 10.3 Å². The lowest BCUT2D eigenvalue weighted by molar-refractivity contribution is -0.140. The normalized spacial score (nSPS) is 19.2. The maximum absolute atomic E-state index is 13.1. The van der Waals surface area contributed by atoms with E-state index in [1.165, 1.54) is 6.07 Å². The quantitative estimate of drug-likeness (QED) is 0.484. The number of hydrogen-bond donors (Lipinski definition) is 2. The van der Waals surface area contributed by atoms with E-state index in [1.54, 1.807) is 12.1 Å². The number of alkyl halides is 3. The van der Waals surface area contributed by atoms with Crippen LogP contribution >= 0.6 is 11.6 Å². The molecule has 32 heavy (non-hydrogen) atoms. The fourth-order valence-electron chi connectivity index (χ4n) is 4.52. The van der Waals surface area contributed by atoms with Crippen LogP contribution in [-0.4, -0.2) is 16.9 Å². The molecule has 1 aliphatic carbocycles. The van der Waals surface area contributed by atoms with Crippen LogP contribution in [0.1, 0.15) is 58.8 Å². The van der Waals surface area contributed by atoms with Crippen molar-refractivity contribution in [2.75, 3.05) is 5.73 Å². The summed E-state index contributed by atoms with van der Waals surface area (Å²) in [6, 6.07) is 11.4. The number of aryl methyl sites for hydroxylation is 1. The number of nitrogen functional groups attached to an aromatic ring is 1. The van der Waals surface area contributed by atoms with E-state index in [4.69, 9.17) is 17.3 Å². The molecule has 1 fully saturated rings. The summed E-state index contributed by atoms with van der Waals surface area (Å²) in [7, 11) is 0. The highest BCUT2D eigenvalue weighted by Gasteiger charge is 2.34. The van der Waals surface area contributed by atoms with Crippen molar-refractivity contribution < 1.29 is 18.0 Å². The predicted octanol–water partition coefficient (Wildman–Crippen LogP) is 6.25. The Bertz CT molecular complexity index is 1170. The Morgan fingerprint density at radius 1 is 1.12 bits per heavy atom. The number of nitrogens with zero attached hydrogens (tertiary/aromatic N) is 1. The summed E-state index contributed by atoms with van der Waals surface area (Å²) < 4.78 is 39.4. The smallest absolute Gasteiger partial charge is 0.398 e. The first-order valence-corrected chi connectivity index (χ1v) is 10.8. The number of carbonyl (C=O) groups excluding carboxylic acids is 1. The van der Waals surface area contributed by atoms with Crippen molar-refractivity contribution in [1.29, 1.82) is 0 Å². The van der Waals surface area contributed by atoms with Gasteiger partial charge in [0.15, 0.2) is 0 Å². The third-order valence-electron chi connectivity index (χ3n) is 6.14. The number of fused-ring (bicyclic) bond motifs is 1. The summed E-state index contributed by atoms with van der Waals surface area (Å²) in [5.74, 6) is -0.0680. The second-order valence-corrected chi connectivity index (χ2v) is 8.69. The summed E-state index contributed by atoms with van der Waals surface area (Å²) in [4.78, 5) is 16.4. The van der Waals surface area contributed by atoms with Gasteiger partial charge in [0.25, 0.3) is 5.91 Å². The molecule has 4 rings (SSSR count). The number of pyridine rings is 1. The average molecular weight is 462 g/mol. The van der Waals surface area contributed by atoms with Gasteiger partial charge in [0.1, 0.15) is 5.69 Å². The molecule has 0 aliphatic heterocycles. The third-order valence-corrected chi connectivity index (χ3v) is 6.47. The van der Waals surface area contributed by atoms with Gasteiger partial charge in [-0.25, -0.2) is 4.98 Å². The molecule has 0 saturated heterocycles. The lowest BCUT2D eigenvalue weighted by atomic mass is 9.80. The number of anilines is 1. The molecule has 0 atom stereocenters. The van der Waals surface area contributed by atoms with E-state index in [-0.39, 0.29) is 29.1 Å². The molecule has 8 heteroatoms. The van der Waals surface area contributed by atoms with Crippen LogP contribution in [0.25, 0.3) is 10.9 Å². The highest BCUT2D eigenvalue weighted by molar-refractivity contribution is 6.32. The molecular weight excluding hydrogens is 439 g/mol. The van der Waals surface area contributed by atoms with Gasteiger partial charge in [-0.15, -0.1) is 0 Å². The minimum Gasteiger partial charge on any atom is -0.398 e. The highest BCUT2D eigenvalue weighted by Crippen LogP contribution is 2.43. The number of carbonyl (C=O) groups is 1. The van der Waals surface area contributed by atoms with Crippen LogP contribution in [-0.2, 0) is 6.18 Å². The Hall–Kier alpha value is -2.80. The Labute approximate surface area is 189 Å². The van der Waals surface area contributed by atoms with Crippen LogP contribution in [0.4, 0.5) is 18.9 Å². The summed E-state index contributed by atoms with van der Waals surface area (Å²) >= 11 is 6.48. The van der Waals surface area contributed by atoms with Gasteiger partial charge in [-0.3, -0.25) is 4.79 Å². The van der Waals surface area contributed by atoms with Crippen molar-refractivity contribution in [3.05, 3.63) is 69.9 Å². The highest BCUT2D eigenvalue weighted by atomic mass is 35.5. The summed E-state index contributed by atoms with van der Waals surface area (Å²) in [5.41, 5.74) is 7.56. The number of hydrogen-bond acceptors (Lipinski definition) is 3. The Morgan fingerprint density at radius 3 is 2.47 bits per heavy atom. The molecule has 1 heterocycles. The number of nitrogens with two attached hydrogens (primary N) is 1. The van der Waals surface area contributed by atoms with Crippen LogP contribution < -0.4 is 11.1 Å². The first-order valence-electron chi connectivity index (χ1n) is 10.5. The van der Waals surface area contributed by atoms with Gasteiger partial charge in [-0.05, 0) is 73.9 Å². The zero-order chi connectivity index (χ0) is 23.0. The van der Waals surface area contributed by atoms with Crippen molar-refractivity contribution in [2.45, 2.75) is 50.7 Å². The second-order valence-electron chi connectivity index (χ2n) is 8.29. The zero-order valence-corrected chi connectivity index (χ0v) is 18.2. The van der Waals surface area contributed by atoms with Gasteiger partial charge in [0, 0.05) is 27.7 Å². The molecule has 1 aliphatic rings. The minimum absolute atomic E-state index is 0.0230. The molecule has 0 unspecified atom stereocenters. The maximum atomic E-state index is 13.1. The monoisotopic (exact) mass is 461 g/mol. The molecule has 0 radical (unpaired) electrons. The maximum Gasteiger partial charge on any atom is 0.433 e. The van der Waals surface area contributed by atoms with E-state index in [1.807, 2.05) is 25.1 Å². The van der Waals surface area contributed by atoms with Crippen molar-refractivity contribution in [3.63, 3.8) is 0 Å². The van der Waals surface area contributed by atoms with Gasteiger partial charge in [0.2, 0.25) is 0 Å². The Morgan fingerprint density at radius 2 is 1.81 bits per heavy atom. The van der Waals surface area contributed by atoms with Gasteiger partial charge >= 0.3 is 6.18 Å². The van der Waals surface area contributed by atoms with Crippen molar-refractivity contribution in [1.82, 2.24) is 10.3 Å². The molecule has 1 amide bonds. The number of halogens is 4. The van der Waals surface area contributed by atoms with Gasteiger partial charge in [0.05, 0.1) is 5.52 Å². The first-order chi connectivity index (χ1) is 15.1. The first kappa shape index (κ1) is 22.4. The van der Waals surface area contributed by atoms with Crippen LogP contribution in [0, 0.1) is 6.92 Å². The van der Waals surface area contributed by atoms with Crippen LogP contribution in [0.15, 0.2) is 42.5 Å². The molecule has 0 spiro atoms. The topological polar surface area (TPSA) is 68.0 Å². The van der Waals surface area contributed by atoms with Crippen LogP contribution in [0.5, 0.6) is 0 Å². The standard InChI is InChI=1S/C24H23ClF3N3O/c1-13-4-2-3-5-16(13)23(32)30-15-8-6-14(7-9-15)21-17(25)10-11-19-22(21)18(29)12-20(31-19)24(26,27)28/h2-5,10-12,14-15H,6-9H2,1H3,(H2,29,31)(H,30,32). The number of nitrogens with one attached hydrogen (secondary N) is 1. The number of rotatable bonds is 3. The lowest BCUT2D eigenvalue weighted by Crippen LogP contribution is -2.37. The molecule has 3 aromatic rings. The zero-order valence-electron chi connectivity index (χ0n) is 17.5.